The molecule has 2 aromatic rings. The summed E-state index contributed by atoms with van der Waals surface area (Å²) in [6, 6.07) is 6.02. The SMILES string of the molecule is COc1ccc(CC(=O)N2CCC[C@@H](c3nccn3C(C)C)C2)cc1OC. The van der Waals surface area contributed by atoms with E-state index in [2.05, 4.69) is 23.4 Å². The van der Waals surface area contributed by atoms with Gasteiger partial charge in [0.05, 0.1) is 20.6 Å². The Bertz CT molecular complexity index is 785. The molecule has 2 heterocycles. The Balaban J connectivity index is 1.69. The van der Waals surface area contributed by atoms with Crippen LogP contribution in [0.15, 0.2) is 30.6 Å². The zero-order valence-corrected chi connectivity index (χ0v) is 16.6. The number of carbonyl (C=O) groups is 1. The molecule has 27 heavy (non-hydrogen) atoms. The summed E-state index contributed by atoms with van der Waals surface area (Å²) in [6.45, 7) is 5.86. The van der Waals surface area contributed by atoms with Crippen molar-refractivity contribution in [3.63, 3.8) is 0 Å². The van der Waals surface area contributed by atoms with E-state index in [-0.39, 0.29) is 5.91 Å². The first-order chi connectivity index (χ1) is 13.0. The number of rotatable bonds is 6. The lowest BCUT2D eigenvalue weighted by Gasteiger charge is -2.33. The van der Waals surface area contributed by atoms with Gasteiger partial charge in [-0.1, -0.05) is 6.07 Å². The fraction of sp³-hybridized carbons (Fsp3) is 0.524. The number of imidazole rings is 1. The Labute approximate surface area is 161 Å². The minimum absolute atomic E-state index is 0.148. The van der Waals surface area contributed by atoms with Gasteiger partial charge in [0.25, 0.3) is 0 Å². The van der Waals surface area contributed by atoms with Crippen molar-refractivity contribution in [2.45, 2.75) is 45.1 Å². The van der Waals surface area contributed by atoms with Gasteiger partial charge in [0.1, 0.15) is 5.82 Å². The number of hydrogen-bond donors (Lipinski definition) is 0. The van der Waals surface area contributed by atoms with Crippen molar-refractivity contribution in [1.82, 2.24) is 14.5 Å². The smallest absolute Gasteiger partial charge is 0.227 e. The highest BCUT2D eigenvalue weighted by Crippen LogP contribution is 2.30. The molecule has 1 aromatic carbocycles. The Morgan fingerprint density at radius 3 is 2.74 bits per heavy atom. The topological polar surface area (TPSA) is 56.6 Å². The summed E-state index contributed by atoms with van der Waals surface area (Å²) < 4.78 is 12.8. The van der Waals surface area contributed by atoms with Crippen LogP contribution in [0, 0.1) is 0 Å². The van der Waals surface area contributed by atoms with E-state index in [1.807, 2.05) is 35.5 Å². The highest BCUT2D eigenvalue weighted by Gasteiger charge is 2.28. The molecule has 0 radical (unpaired) electrons. The van der Waals surface area contributed by atoms with E-state index in [9.17, 15) is 4.79 Å². The zero-order valence-electron chi connectivity index (χ0n) is 16.6. The summed E-state index contributed by atoms with van der Waals surface area (Å²) in [5.41, 5.74) is 0.934. The molecule has 1 aromatic heterocycles. The fourth-order valence-electron chi connectivity index (χ4n) is 3.77. The Hall–Kier alpha value is -2.50. The van der Waals surface area contributed by atoms with Gasteiger partial charge in [-0.15, -0.1) is 0 Å². The minimum Gasteiger partial charge on any atom is -0.493 e. The van der Waals surface area contributed by atoms with Crippen molar-refractivity contribution in [2.24, 2.45) is 0 Å². The molecular weight excluding hydrogens is 342 g/mol. The lowest BCUT2D eigenvalue weighted by atomic mass is 9.96. The minimum atomic E-state index is 0.148. The molecule has 6 heteroatoms. The number of ether oxygens (including phenoxy) is 2. The number of nitrogens with zero attached hydrogens (tertiary/aromatic N) is 3. The van der Waals surface area contributed by atoms with Crippen molar-refractivity contribution in [3.8, 4) is 11.5 Å². The molecule has 0 unspecified atom stereocenters. The number of carbonyl (C=O) groups excluding carboxylic acids is 1. The molecule has 0 bridgehead atoms. The van der Waals surface area contributed by atoms with Crippen LogP contribution < -0.4 is 9.47 Å². The van der Waals surface area contributed by atoms with E-state index < -0.39 is 0 Å². The number of amides is 1. The molecule has 1 atom stereocenters. The number of piperidine rings is 1. The van der Waals surface area contributed by atoms with Crippen LogP contribution >= 0.6 is 0 Å². The van der Waals surface area contributed by atoms with Crippen LogP contribution in [0.3, 0.4) is 0 Å². The largest absolute Gasteiger partial charge is 0.493 e. The first kappa shape index (κ1) is 19.3. The van der Waals surface area contributed by atoms with Gasteiger partial charge in [-0.25, -0.2) is 4.98 Å². The molecule has 3 rings (SSSR count). The van der Waals surface area contributed by atoms with Gasteiger partial charge < -0.3 is 18.9 Å². The van der Waals surface area contributed by atoms with Gasteiger partial charge in [-0.3, -0.25) is 4.79 Å². The number of aromatic nitrogens is 2. The van der Waals surface area contributed by atoms with Gasteiger partial charge in [-0.05, 0) is 44.4 Å². The van der Waals surface area contributed by atoms with Crippen molar-refractivity contribution >= 4 is 5.91 Å². The Morgan fingerprint density at radius 1 is 1.26 bits per heavy atom. The highest BCUT2D eigenvalue weighted by molar-refractivity contribution is 5.79. The number of methoxy groups -OCH3 is 2. The lowest BCUT2D eigenvalue weighted by Crippen LogP contribution is -2.40. The Morgan fingerprint density at radius 2 is 2.04 bits per heavy atom. The molecule has 146 valence electrons. The van der Waals surface area contributed by atoms with Gasteiger partial charge in [-0.2, -0.15) is 0 Å². The quantitative estimate of drug-likeness (QED) is 0.781. The molecule has 1 saturated heterocycles. The average molecular weight is 371 g/mol. The summed E-state index contributed by atoms with van der Waals surface area (Å²) >= 11 is 0. The molecule has 1 amide bonds. The first-order valence-corrected chi connectivity index (χ1v) is 9.55. The van der Waals surface area contributed by atoms with E-state index in [0.29, 0.717) is 29.9 Å². The first-order valence-electron chi connectivity index (χ1n) is 9.55. The molecule has 6 nitrogen and oxygen atoms in total. The maximum absolute atomic E-state index is 12.9. The van der Waals surface area contributed by atoms with Crippen LogP contribution in [-0.4, -0.2) is 47.7 Å². The lowest BCUT2D eigenvalue weighted by molar-refractivity contribution is -0.131. The number of hydrogen-bond acceptors (Lipinski definition) is 4. The third-order valence-corrected chi connectivity index (χ3v) is 5.20. The Kier molecular flexibility index (Phi) is 6.04. The maximum Gasteiger partial charge on any atom is 0.227 e. The molecule has 0 spiro atoms. The van der Waals surface area contributed by atoms with Crippen LogP contribution in [0.4, 0.5) is 0 Å². The second kappa shape index (κ2) is 8.46. The summed E-state index contributed by atoms with van der Waals surface area (Å²) in [5.74, 6) is 2.86. The van der Waals surface area contributed by atoms with Crippen LogP contribution in [0.25, 0.3) is 0 Å². The predicted molar refractivity (Wildman–Crippen MR) is 104 cm³/mol. The van der Waals surface area contributed by atoms with Crippen LogP contribution in [0.5, 0.6) is 11.5 Å². The second-order valence-electron chi connectivity index (χ2n) is 7.33. The van der Waals surface area contributed by atoms with E-state index in [1.165, 1.54) is 0 Å². The molecular formula is C21H29N3O3. The van der Waals surface area contributed by atoms with E-state index in [0.717, 1.165) is 37.3 Å². The normalized spacial score (nSPS) is 17.2. The van der Waals surface area contributed by atoms with Crippen molar-refractivity contribution < 1.29 is 14.3 Å². The third kappa shape index (κ3) is 4.26. The van der Waals surface area contributed by atoms with Crippen molar-refractivity contribution in [3.05, 3.63) is 42.0 Å². The van der Waals surface area contributed by atoms with Gasteiger partial charge in [0.2, 0.25) is 5.91 Å². The van der Waals surface area contributed by atoms with Crippen molar-refractivity contribution in [2.75, 3.05) is 27.3 Å². The summed E-state index contributed by atoms with van der Waals surface area (Å²) in [6.07, 6.45) is 6.34. The zero-order chi connectivity index (χ0) is 19.4. The van der Waals surface area contributed by atoms with Crippen molar-refractivity contribution in [1.29, 1.82) is 0 Å². The average Bonchev–Trinajstić information content (AvgIpc) is 3.18. The molecule has 1 fully saturated rings. The van der Waals surface area contributed by atoms with E-state index in [1.54, 1.807) is 14.2 Å². The number of likely N-dealkylation sites (tertiary alicyclic amines) is 1. The molecule has 1 aliphatic heterocycles. The standard InChI is InChI=1S/C21H29N3O3/c1-15(2)24-11-9-22-21(24)17-6-5-10-23(14-17)20(25)13-16-7-8-18(26-3)19(12-16)27-4/h7-9,11-12,15,17H,5-6,10,13-14H2,1-4H3/t17-/m1/s1. The van der Waals surface area contributed by atoms with E-state index >= 15 is 0 Å². The van der Waals surface area contributed by atoms with Gasteiger partial charge >= 0.3 is 0 Å². The second-order valence-corrected chi connectivity index (χ2v) is 7.33. The summed E-state index contributed by atoms with van der Waals surface area (Å²) in [4.78, 5) is 19.4. The van der Waals surface area contributed by atoms with Crippen LogP contribution in [0.2, 0.25) is 0 Å². The van der Waals surface area contributed by atoms with Crippen LogP contribution in [-0.2, 0) is 11.2 Å². The van der Waals surface area contributed by atoms with Crippen LogP contribution in [0.1, 0.15) is 50.0 Å². The predicted octanol–water partition coefficient (Wildman–Crippen LogP) is 3.43. The summed E-state index contributed by atoms with van der Waals surface area (Å²) in [5, 5.41) is 0. The highest BCUT2D eigenvalue weighted by atomic mass is 16.5. The monoisotopic (exact) mass is 371 g/mol. The molecule has 0 aliphatic carbocycles. The van der Waals surface area contributed by atoms with Gasteiger partial charge in [0.15, 0.2) is 11.5 Å². The fourth-order valence-corrected chi connectivity index (χ4v) is 3.77. The molecule has 1 aliphatic rings. The molecule has 0 saturated carbocycles. The van der Waals surface area contributed by atoms with E-state index in [4.69, 9.17) is 9.47 Å². The summed E-state index contributed by atoms with van der Waals surface area (Å²) in [7, 11) is 3.22. The number of benzene rings is 1. The molecule has 0 N–H and O–H groups in total. The maximum atomic E-state index is 12.9. The van der Waals surface area contributed by atoms with Gasteiger partial charge in [0, 0.05) is 37.4 Å². The third-order valence-electron chi connectivity index (χ3n) is 5.20.